The zero-order valence-corrected chi connectivity index (χ0v) is 14.0. The summed E-state index contributed by atoms with van der Waals surface area (Å²) in [4.78, 5) is 16.5. The van der Waals surface area contributed by atoms with E-state index in [1.54, 1.807) is 13.1 Å². The van der Waals surface area contributed by atoms with Gasteiger partial charge in [-0.1, -0.05) is 18.2 Å². The minimum absolute atomic E-state index is 0.160. The lowest BCUT2D eigenvalue weighted by Crippen LogP contribution is -2.38. The van der Waals surface area contributed by atoms with Crippen molar-refractivity contribution in [1.82, 2.24) is 4.90 Å². The van der Waals surface area contributed by atoms with E-state index in [1.165, 1.54) is 11.0 Å². The molecule has 2 aromatic carbocycles. The van der Waals surface area contributed by atoms with Crippen molar-refractivity contribution in [3.05, 3.63) is 65.2 Å². The number of carbonyl (C=O) groups excluding carboxylic acids is 1. The molecular formula is C19H20F2N2O2. The second-order valence-electron chi connectivity index (χ2n) is 6.03. The maximum Gasteiger partial charge on any atom is 0.256 e. The molecule has 0 N–H and O–H groups in total. The maximum atomic E-state index is 13.4. The average molecular weight is 346 g/mol. The highest BCUT2D eigenvalue weighted by Crippen LogP contribution is 2.23. The number of hydrogen-bond acceptors (Lipinski definition) is 3. The number of ether oxygens (including phenoxy) is 1. The fourth-order valence-electron chi connectivity index (χ4n) is 2.92. The van der Waals surface area contributed by atoms with E-state index in [2.05, 4.69) is 4.90 Å². The van der Waals surface area contributed by atoms with Crippen molar-refractivity contribution in [1.29, 1.82) is 0 Å². The molecule has 1 heterocycles. The zero-order valence-electron chi connectivity index (χ0n) is 14.0. The second kappa shape index (κ2) is 7.61. The summed E-state index contributed by atoms with van der Waals surface area (Å²) in [5.74, 6) is -1.96. The molecule has 6 heteroatoms. The van der Waals surface area contributed by atoms with Gasteiger partial charge in [0.1, 0.15) is 0 Å². The van der Waals surface area contributed by atoms with Crippen LogP contribution < -0.4 is 4.90 Å². The maximum absolute atomic E-state index is 13.4. The topological polar surface area (TPSA) is 32.8 Å². The molecule has 0 unspecified atom stereocenters. The van der Waals surface area contributed by atoms with Crippen molar-refractivity contribution in [2.45, 2.75) is 6.54 Å². The molecule has 1 fully saturated rings. The summed E-state index contributed by atoms with van der Waals surface area (Å²) in [5, 5.41) is 0. The molecule has 0 saturated carbocycles. The Bertz CT molecular complexity index is 761. The first kappa shape index (κ1) is 17.4. The van der Waals surface area contributed by atoms with Gasteiger partial charge in [0.15, 0.2) is 11.6 Å². The van der Waals surface area contributed by atoms with Crippen LogP contribution >= 0.6 is 0 Å². The van der Waals surface area contributed by atoms with E-state index in [9.17, 15) is 13.6 Å². The van der Waals surface area contributed by atoms with Crippen molar-refractivity contribution in [3.8, 4) is 0 Å². The molecular weight excluding hydrogens is 326 g/mol. The third-order valence-corrected chi connectivity index (χ3v) is 4.24. The van der Waals surface area contributed by atoms with E-state index >= 15 is 0 Å². The number of rotatable bonds is 4. The summed E-state index contributed by atoms with van der Waals surface area (Å²) < 4.78 is 31.8. The standard InChI is InChI=1S/C19H20F2N2O2/c1-22(13-14-6-7-16(20)17(21)12-14)19(24)15-4-2-3-5-18(15)23-8-10-25-11-9-23/h2-7,12H,8-11,13H2,1H3. The van der Waals surface area contributed by atoms with Crippen LogP contribution in [0.5, 0.6) is 0 Å². The van der Waals surface area contributed by atoms with Gasteiger partial charge < -0.3 is 14.5 Å². The Balaban J connectivity index is 1.78. The van der Waals surface area contributed by atoms with Crippen LogP contribution in [-0.2, 0) is 11.3 Å². The number of nitrogens with zero attached hydrogens (tertiary/aromatic N) is 2. The van der Waals surface area contributed by atoms with Crippen molar-refractivity contribution in [2.24, 2.45) is 0 Å². The van der Waals surface area contributed by atoms with E-state index in [0.717, 1.165) is 30.9 Å². The fraction of sp³-hybridized carbons (Fsp3) is 0.316. The van der Waals surface area contributed by atoms with Gasteiger partial charge in [-0.05, 0) is 29.8 Å². The lowest BCUT2D eigenvalue weighted by molar-refractivity contribution is 0.0784. The van der Waals surface area contributed by atoms with Crippen LogP contribution in [0.15, 0.2) is 42.5 Å². The van der Waals surface area contributed by atoms with Crippen molar-refractivity contribution in [2.75, 3.05) is 38.3 Å². The fourth-order valence-corrected chi connectivity index (χ4v) is 2.92. The highest BCUT2D eigenvalue weighted by Gasteiger charge is 2.21. The van der Waals surface area contributed by atoms with Gasteiger partial charge in [-0.2, -0.15) is 0 Å². The van der Waals surface area contributed by atoms with E-state index < -0.39 is 11.6 Å². The summed E-state index contributed by atoms with van der Waals surface area (Å²) in [5.41, 5.74) is 2.00. The number of halogens is 2. The normalized spacial score (nSPS) is 14.4. The summed E-state index contributed by atoms with van der Waals surface area (Å²) in [6.07, 6.45) is 0. The smallest absolute Gasteiger partial charge is 0.256 e. The predicted molar refractivity (Wildman–Crippen MR) is 91.6 cm³/mol. The van der Waals surface area contributed by atoms with Gasteiger partial charge in [0.25, 0.3) is 5.91 Å². The minimum atomic E-state index is -0.910. The first-order valence-electron chi connectivity index (χ1n) is 8.17. The average Bonchev–Trinajstić information content (AvgIpc) is 2.65. The van der Waals surface area contributed by atoms with E-state index in [4.69, 9.17) is 4.74 Å². The predicted octanol–water partition coefficient (Wildman–Crippen LogP) is 3.07. The summed E-state index contributed by atoms with van der Waals surface area (Å²) in [6, 6.07) is 11.1. The van der Waals surface area contributed by atoms with E-state index in [0.29, 0.717) is 24.3 Å². The monoisotopic (exact) mass is 346 g/mol. The van der Waals surface area contributed by atoms with Crippen molar-refractivity contribution >= 4 is 11.6 Å². The van der Waals surface area contributed by atoms with Crippen LogP contribution in [0.1, 0.15) is 15.9 Å². The van der Waals surface area contributed by atoms with Crippen molar-refractivity contribution < 1.29 is 18.3 Å². The molecule has 0 bridgehead atoms. The van der Waals surface area contributed by atoms with Crippen LogP contribution in [0.4, 0.5) is 14.5 Å². The van der Waals surface area contributed by atoms with Gasteiger partial charge >= 0.3 is 0 Å². The Labute approximate surface area is 145 Å². The molecule has 1 aliphatic rings. The molecule has 0 atom stereocenters. The lowest BCUT2D eigenvalue weighted by Gasteiger charge is -2.31. The largest absolute Gasteiger partial charge is 0.378 e. The Morgan fingerprint density at radius 1 is 1.12 bits per heavy atom. The second-order valence-corrected chi connectivity index (χ2v) is 6.03. The number of morpholine rings is 1. The molecule has 0 aromatic heterocycles. The molecule has 132 valence electrons. The highest BCUT2D eigenvalue weighted by molar-refractivity contribution is 5.99. The molecule has 2 aromatic rings. The van der Waals surface area contributed by atoms with Gasteiger partial charge in [0, 0.05) is 32.4 Å². The molecule has 25 heavy (non-hydrogen) atoms. The number of amides is 1. The number of benzene rings is 2. The molecule has 0 aliphatic carbocycles. The molecule has 4 nitrogen and oxygen atoms in total. The number of para-hydroxylation sites is 1. The number of anilines is 1. The highest BCUT2D eigenvalue weighted by atomic mass is 19.2. The summed E-state index contributed by atoms with van der Waals surface area (Å²) >= 11 is 0. The Morgan fingerprint density at radius 2 is 1.84 bits per heavy atom. The molecule has 0 spiro atoms. The van der Waals surface area contributed by atoms with Crippen LogP contribution in [0.2, 0.25) is 0 Å². The van der Waals surface area contributed by atoms with Crippen LogP contribution in [0.25, 0.3) is 0 Å². The molecule has 0 radical (unpaired) electrons. The Kier molecular flexibility index (Phi) is 5.28. The van der Waals surface area contributed by atoms with Gasteiger partial charge in [0.05, 0.1) is 18.8 Å². The number of hydrogen-bond donors (Lipinski definition) is 0. The number of carbonyl (C=O) groups is 1. The van der Waals surface area contributed by atoms with E-state index in [1.807, 2.05) is 18.2 Å². The molecule has 1 aliphatic heterocycles. The first-order chi connectivity index (χ1) is 12.1. The first-order valence-corrected chi connectivity index (χ1v) is 8.17. The minimum Gasteiger partial charge on any atom is -0.378 e. The van der Waals surface area contributed by atoms with Crippen LogP contribution in [-0.4, -0.2) is 44.2 Å². The SMILES string of the molecule is CN(Cc1ccc(F)c(F)c1)C(=O)c1ccccc1N1CCOCC1. The van der Waals surface area contributed by atoms with Crippen molar-refractivity contribution in [3.63, 3.8) is 0 Å². The zero-order chi connectivity index (χ0) is 17.8. The van der Waals surface area contributed by atoms with Gasteiger partial charge in [0.2, 0.25) is 0 Å². The van der Waals surface area contributed by atoms with Crippen LogP contribution in [0, 0.1) is 11.6 Å². The molecule has 1 saturated heterocycles. The quantitative estimate of drug-likeness (QED) is 0.853. The summed E-state index contributed by atoms with van der Waals surface area (Å²) in [6.45, 7) is 2.93. The molecule has 3 rings (SSSR count). The lowest BCUT2D eigenvalue weighted by atomic mass is 10.1. The van der Waals surface area contributed by atoms with E-state index in [-0.39, 0.29) is 12.5 Å². The molecule has 1 amide bonds. The van der Waals surface area contributed by atoms with Gasteiger partial charge in [-0.25, -0.2) is 8.78 Å². The third kappa shape index (κ3) is 3.96. The van der Waals surface area contributed by atoms with Gasteiger partial charge in [-0.3, -0.25) is 4.79 Å². The van der Waals surface area contributed by atoms with Crippen LogP contribution in [0.3, 0.4) is 0 Å². The summed E-state index contributed by atoms with van der Waals surface area (Å²) in [7, 11) is 1.65. The third-order valence-electron chi connectivity index (χ3n) is 4.24. The van der Waals surface area contributed by atoms with Gasteiger partial charge in [-0.15, -0.1) is 0 Å². The Hall–Kier alpha value is -2.47. The Morgan fingerprint density at radius 3 is 2.56 bits per heavy atom.